The van der Waals surface area contributed by atoms with Crippen LogP contribution in [0.1, 0.15) is 29.4 Å². The van der Waals surface area contributed by atoms with Crippen molar-refractivity contribution in [2.24, 2.45) is 10.7 Å². The van der Waals surface area contributed by atoms with Gasteiger partial charge < -0.3 is 15.8 Å². The third-order valence-electron chi connectivity index (χ3n) is 4.39. The minimum atomic E-state index is -4.72. The Balaban J connectivity index is 1.97. The minimum absolute atomic E-state index is 0.00649. The summed E-state index contributed by atoms with van der Waals surface area (Å²) in [4.78, 5) is 20.1. The summed E-state index contributed by atoms with van der Waals surface area (Å²) in [5, 5.41) is 2.29. The third kappa shape index (κ3) is 4.59. The predicted octanol–water partition coefficient (Wildman–Crippen LogP) is 4.66. The van der Waals surface area contributed by atoms with Crippen LogP contribution in [0.25, 0.3) is 0 Å². The van der Waals surface area contributed by atoms with E-state index in [1.54, 1.807) is 0 Å². The number of nitrogens with zero attached hydrogens (tertiary/aromatic N) is 2. The van der Waals surface area contributed by atoms with E-state index in [1.165, 1.54) is 31.3 Å². The van der Waals surface area contributed by atoms with Crippen molar-refractivity contribution in [3.05, 3.63) is 57.6 Å². The molecule has 6 nitrogen and oxygen atoms in total. The van der Waals surface area contributed by atoms with E-state index in [0.29, 0.717) is 5.02 Å². The van der Waals surface area contributed by atoms with Gasteiger partial charge in [-0.25, -0.2) is 14.4 Å². The summed E-state index contributed by atoms with van der Waals surface area (Å²) in [6.45, 7) is 1.31. The second-order valence-corrected chi connectivity index (χ2v) is 7.53. The van der Waals surface area contributed by atoms with Gasteiger partial charge in [-0.05, 0) is 31.2 Å². The summed E-state index contributed by atoms with van der Waals surface area (Å²) in [5.74, 6) is -1.65. The van der Waals surface area contributed by atoms with Crippen molar-refractivity contribution in [2.45, 2.75) is 31.2 Å². The normalized spacial score (nSPS) is 21.6. The molecule has 2 aromatic rings. The molecule has 0 spiro atoms. The number of halogens is 6. The number of hydrogen-bond donors (Lipinski definition) is 2. The first-order chi connectivity index (χ1) is 13.9. The fourth-order valence-corrected chi connectivity index (χ4v) is 3.40. The van der Waals surface area contributed by atoms with Crippen molar-refractivity contribution in [3.63, 3.8) is 0 Å². The molecule has 0 unspecified atom stereocenters. The summed E-state index contributed by atoms with van der Waals surface area (Å²) in [5.41, 5.74) is 3.62. The highest BCUT2D eigenvalue weighted by molar-refractivity contribution is 6.32. The van der Waals surface area contributed by atoms with Gasteiger partial charge in [-0.3, -0.25) is 4.79 Å². The molecule has 3 N–H and O–H groups in total. The average molecular weight is 465 g/mol. The summed E-state index contributed by atoms with van der Waals surface area (Å²) < 4.78 is 58.6. The molecule has 3 rings (SSSR count). The van der Waals surface area contributed by atoms with E-state index in [0.717, 1.165) is 6.07 Å². The summed E-state index contributed by atoms with van der Waals surface area (Å²) >= 11 is 11.7. The number of hydrogen-bond acceptors (Lipinski definition) is 5. The number of alkyl halides is 3. The van der Waals surface area contributed by atoms with Crippen LogP contribution in [-0.2, 0) is 10.3 Å². The SMILES string of the molecule is C[C@]1(c2cc(NC(=O)c3ccc(Cl)cn3)cc(F)c2Cl)C[C@@H](C(F)(F)F)OC(N)=N1. The predicted molar refractivity (Wildman–Crippen MR) is 103 cm³/mol. The zero-order valence-corrected chi connectivity index (χ0v) is 16.7. The lowest BCUT2D eigenvalue weighted by Crippen LogP contribution is -2.46. The Morgan fingerprint density at radius 3 is 2.63 bits per heavy atom. The highest BCUT2D eigenvalue weighted by atomic mass is 35.5. The van der Waals surface area contributed by atoms with E-state index in [2.05, 4.69) is 20.0 Å². The number of nitrogens with two attached hydrogens (primary N) is 1. The number of amides is 1. The van der Waals surface area contributed by atoms with Crippen LogP contribution in [0.5, 0.6) is 0 Å². The van der Waals surface area contributed by atoms with Gasteiger partial charge in [0.2, 0.25) is 0 Å². The van der Waals surface area contributed by atoms with Crippen LogP contribution in [0.3, 0.4) is 0 Å². The molecule has 1 amide bonds. The molecule has 1 aliphatic heterocycles. The second-order valence-electron chi connectivity index (χ2n) is 6.71. The van der Waals surface area contributed by atoms with Gasteiger partial charge in [0, 0.05) is 23.9 Å². The van der Waals surface area contributed by atoms with Gasteiger partial charge in [0.15, 0.2) is 6.10 Å². The molecule has 160 valence electrons. The number of amidine groups is 1. The van der Waals surface area contributed by atoms with Gasteiger partial charge in [-0.1, -0.05) is 23.2 Å². The molecule has 0 saturated carbocycles. The van der Waals surface area contributed by atoms with Crippen molar-refractivity contribution in [2.75, 3.05) is 5.32 Å². The number of aliphatic imine (C=N–C) groups is 1. The zero-order valence-electron chi connectivity index (χ0n) is 15.2. The van der Waals surface area contributed by atoms with Crippen molar-refractivity contribution >= 4 is 40.8 Å². The fourth-order valence-electron chi connectivity index (χ4n) is 2.97. The number of aromatic nitrogens is 1. The number of pyridine rings is 1. The molecule has 30 heavy (non-hydrogen) atoms. The van der Waals surface area contributed by atoms with Gasteiger partial charge >= 0.3 is 6.18 Å². The number of nitrogens with one attached hydrogen (secondary N) is 1. The van der Waals surface area contributed by atoms with Crippen molar-refractivity contribution in [3.8, 4) is 0 Å². The summed E-state index contributed by atoms with van der Waals surface area (Å²) in [6, 6.07) is 4.24. The molecule has 12 heteroatoms. The molecule has 2 heterocycles. The quantitative estimate of drug-likeness (QED) is 0.646. The molecule has 1 aliphatic rings. The van der Waals surface area contributed by atoms with Crippen LogP contribution in [-0.4, -0.2) is 29.2 Å². The Bertz CT molecular complexity index is 1010. The first-order valence-corrected chi connectivity index (χ1v) is 9.16. The number of benzene rings is 1. The molecule has 1 aromatic heterocycles. The number of rotatable bonds is 3. The standard InChI is InChI=1S/C18H14Cl2F4N4O2/c1-17(6-13(18(22,23)24)30-16(25)28-17)10-4-9(5-11(21)14(10)20)27-15(29)12-3-2-8(19)7-26-12/h2-5,7,13H,6H2,1H3,(H2,25,28)(H,27,29)/t13-,17+/m0/s1. The highest BCUT2D eigenvalue weighted by Crippen LogP contribution is 2.43. The maximum Gasteiger partial charge on any atom is 0.425 e. The largest absolute Gasteiger partial charge is 0.452 e. The monoisotopic (exact) mass is 464 g/mol. The van der Waals surface area contributed by atoms with Crippen molar-refractivity contribution < 1.29 is 27.1 Å². The Morgan fingerprint density at radius 2 is 2.03 bits per heavy atom. The van der Waals surface area contributed by atoms with Gasteiger partial charge in [-0.2, -0.15) is 13.2 Å². The molecule has 2 atom stereocenters. The number of ether oxygens (including phenoxy) is 1. The Hall–Kier alpha value is -2.59. The van der Waals surface area contributed by atoms with E-state index < -0.39 is 47.0 Å². The fraction of sp³-hybridized carbons (Fsp3) is 0.278. The van der Waals surface area contributed by atoms with Crippen LogP contribution in [0.15, 0.2) is 35.5 Å². The van der Waals surface area contributed by atoms with Gasteiger partial charge in [0.05, 0.1) is 15.6 Å². The Morgan fingerprint density at radius 1 is 1.33 bits per heavy atom. The van der Waals surface area contributed by atoms with E-state index in [4.69, 9.17) is 28.9 Å². The van der Waals surface area contributed by atoms with E-state index >= 15 is 0 Å². The topological polar surface area (TPSA) is 89.6 Å². The molecular weight excluding hydrogens is 451 g/mol. The smallest absolute Gasteiger partial charge is 0.425 e. The van der Waals surface area contributed by atoms with Crippen molar-refractivity contribution in [1.82, 2.24) is 4.98 Å². The number of carbonyl (C=O) groups is 1. The van der Waals surface area contributed by atoms with Crippen LogP contribution >= 0.6 is 23.2 Å². The minimum Gasteiger partial charge on any atom is -0.452 e. The highest BCUT2D eigenvalue weighted by Gasteiger charge is 2.50. The second kappa shape index (κ2) is 7.92. The first-order valence-electron chi connectivity index (χ1n) is 8.40. The first kappa shape index (κ1) is 22.1. The lowest BCUT2D eigenvalue weighted by atomic mass is 9.85. The lowest BCUT2D eigenvalue weighted by molar-refractivity contribution is -0.208. The molecule has 0 aliphatic carbocycles. The van der Waals surface area contributed by atoms with E-state index in [1.807, 2.05) is 0 Å². The van der Waals surface area contributed by atoms with Gasteiger partial charge in [0.1, 0.15) is 11.5 Å². The summed E-state index contributed by atoms with van der Waals surface area (Å²) in [7, 11) is 0. The molecule has 0 fully saturated rings. The summed E-state index contributed by atoms with van der Waals surface area (Å²) in [6.07, 6.45) is -6.41. The third-order valence-corrected chi connectivity index (χ3v) is 5.00. The molecule has 0 radical (unpaired) electrons. The van der Waals surface area contributed by atoms with Crippen LogP contribution in [0, 0.1) is 5.82 Å². The van der Waals surface area contributed by atoms with Gasteiger partial charge in [0.25, 0.3) is 11.9 Å². The Kier molecular flexibility index (Phi) is 5.83. The average Bonchev–Trinajstić information content (AvgIpc) is 2.63. The zero-order chi connectivity index (χ0) is 22.3. The molecule has 0 bridgehead atoms. The van der Waals surface area contributed by atoms with Crippen molar-refractivity contribution in [1.29, 1.82) is 0 Å². The molecular formula is C18H14Cl2F4N4O2. The Labute approximate surface area is 178 Å². The lowest BCUT2D eigenvalue weighted by Gasteiger charge is -2.36. The van der Waals surface area contributed by atoms with Crippen LogP contribution in [0.4, 0.5) is 23.2 Å². The molecule has 1 aromatic carbocycles. The van der Waals surface area contributed by atoms with Crippen LogP contribution in [0.2, 0.25) is 10.0 Å². The maximum absolute atomic E-state index is 14.4. The number of anilines is 1. The molecule has 0 saturated heterocycles. The van der Waals surface area contributed by atoms with E-state index in [9.17, 15) is 22.4 Å². The number of carbonyl (C=O) groups excluding carboxylic acids is 1. The van der Waals surface area contributed by atoms with E-state index in [-0.39, 0.29) is 16.9 Å². The van der Waals surface area contributed by atoms with Gasteiger partial charge in [-0.15, -0.1) is 0 Å². The maximum atomic E-state index is 14.4. The van der Waals surface area contributed by atoms with Crippen LogP contribution < -0.4 is 11.1 Å².